The van der Waals surface area contributed by atoms with Crippen LogP contribution in [0.1, 0.15) is 36.7 Å². The number of anilines is 2. The van der Waals surface area contributed by atoms with Crippen molar-refractivity contribution < 1.29 is 9.53 Å². The van der Waals surface area contributed by atoms with Crippen LogP contribution in [-0.4, -0.2) is 21.0 Å². The number of fused-ring (bicyclic) bond motifs is 1. The van der Waals surface area contributed by atoms with Gasteiger partial charge in [-0.3, -0.25) is 4.40 Å². The maximum atomic E-state index is 12.5. The first-order valence-electron chi connectivity index (χ1n) is 12.6. The van der Waals surface area contributed by atoms with E-state index in [1.165, 1.54) is 0 Å². The van der Waals surface area contributed by atoms with Gasteiger partial charge in [0.2, 0.25) is 0 Å². The maximum absolute atomic E-state index is 12.5. The summed E-state index contributed by atoms with van der Waals surface area (Å²) in [6.07, 6.45) is 2.00. The molecule has 194 valence electrons. The second kappa shape index (κ2) is 10.7. The molecule has 0 aliphatic carbocycles. The van der Waals surface area contributed by atoms with Crippen LogP contribution in [0.2, 0.25) is 0 Å². The number of carbonyl (C=O) groups excluding carboxylic acids is 1. The summed E-state index contributed by atoms with van der Waals surface area (Å²) in [5, 5.41) is 7.14. The number of benzene rings is 3. The smallest absolute Gasteiger partial charge is 0.338 e. The van der Waals surface area contributed by atoms with Crippen LogP contribution >= 0.6 is 0 Å². The lowest BCUT2D eigenvalue weighted by molar-refractivity contribution is 0.00695. The first kappa shape index (κ1) is 25.6. The zero-order chi connectivity index (χ0) is 27.4. The van der Waals surface area contributed by atoms with Gasteiger partial charge in [0, 0.05) is 22.4 Å². The Hall–Kier alpha value is -5.07. The number of pyridine rings is 1. The number of hydrogen-bond acceptors (Lipinski definition) is 5. The van der Waals surface area contributed by atoms with Crippen molar-refractivity contribution in [3.8, 4) is 22.4 Å². The standard InChI is InChI=1S/C31H28N6O2/c1-31(2,3)39-30(38)24-13-15-26(16-14-24)34-29-28(23-11-9-21(10-12-23)20-33-36-32)35-27-19-25(17-18-37(27)29)22-7-5-4-6-8-22/h4-19,34H,20H2,1-3H3. The summed E-state index contributed by atoms with van der Waals surface area (Å²) in [4.78, 5) is 20.3. The van der Waals surface area contributed by atoms with Gasteiger partial charge in [-0.1, -0.05) is 59.7 Å². The highest BCUT2D eigenvalue weighted by Gasteiger charge is 2.19. The summed E-state index contributed by atoms with van der Waals surface area (Å²) < 4.78 is 7.50. The van der Waals surface area contributed by atoms with Crippen LogP contribution < -0.4 is 5.32 Å². The Labute approximate surface area is 226 Å². The lowest BCUT2D eigenvalue weighted by Crippen LogP contribution is -2.23. The molecule has 0 aliphatic heterocycles. The molecule has 3 aromatic carbocycles. The van der Waals surface area contributed by atoms with E-state index in [9.17, 15) is 4.79 Å². The predicted octanol–water partition coefficient (Wildman–Crippen LogP) is 8.18. The molecule has 5 aromatic rings. The third-order valence-corrected chi connectivity index (χ3v) is 6.06. The predicted molar refractivity (Wildman–Crippen MR) is 154 cm³/mol. The molecule has 0 bridgehead atoms. The van der Waals surface area contributed by atoms with Crippen molar-refractivity contribution in [2.24, 2.45) is 5.11 Å². The van der Waals surface area contributed by atoms with E-state index >= 15 is 0 Å². The molecule has 0 aliphatic rings. The molecule has 0 unspecified atom stereocenters. The summed E-state index contributed by atoms with van der Waals surface area (Å²) in [6, 6.07) is 29.3. The van der Waals surface area contributed by atoms with Crippen molar-refractivity contribution in [3.63, 3.8) is 0 Å². The van der Waals surface area contributed by atoms with Gasteiger partial charge in [0.05, 0.1) is 12.1 Å². The molecule has 0 radical (unpaired) electrons. The van der Waals surface area contributed by atoms with E-state index in [2.05, 4.69) is 39.6 Å². The summed E-state index contributed by atoms with van der Waals surface area (Å²) in [7, 11) is 0. The molecule has 0 amide bonds. The summed E-state index contributed by atoms with van der Waals surface area (Å²) >= 11 is 0. The van der Waals surface area contributed by atoms with Crippen molar-refractivity contribution in [2.45, 2.75) is 32.9 Å². The highest BCUT2D eigenvalue weighted by Crippen LogP contribution is 2.33. The molecule has 0 saturated heterocycles. The number of esters is 1. The topological polar surface area (TPSA) is 104 Å². The van der Waals surface area contributed by atoms with Gasteiger partial charge in [-0.15, -0.1) is 0 Å². The van der Waals surface area contributed by atoms with Gasteiger partial charge in [-0.2, -0.15) is 0 Å². The maximum Gasteiger partial charge on any atom is 0.338 e. The summed E-state index contributed by atoms with van der Waals surface area (Å²) in [6.45, 7) is 5.83. The van der Waals surface area contributed by atoms with E-state index in [0.29, 0.717) is 5.56 Å². The Bertz CT molecular complexity index is 1660. The third kappa shape index (κ3) is 5.92. The van der Waals surface area contributed by atoms with Gasteiger partial charge in [0.15, 0.2) is 0 Å². The number of aromatic nitrogens is 2. The Balaban J connectivity index is 1.53. The Kier molecular flexibility index (Phi) is 7.04. The van der Waals surface area contributed by atoms with Crippen LogP contribution in [0, 0.1) is 0 Å². The molecule has 39 heavy (non-hydrogen) atoms. The lowest BCUT2D eigenvalue weighted by atomic mass is 10.1. The first-order chi connectivity index (χ1) is 18.8. The van der Waals surface area contributed by atoms with Crippen molar-refractivity contribution in [1.82, 2.24) is 9.38 Å². The number of nitrogens with zero attached hydrogens (tertiary/aromatic N) is 5. The van der Waals surface area contributed by atoms with Gasteiger partial charge in [0.25, 0.3) is 0 Å². The Morgan fingerprint density at radius 1 is 0.949 bits per heavy atom. The zero-order valence-corrected chi connectivity index (χ0v) is 22.0. The van der Waals surface area contributed by atoms with Crippen molar-refractivity contribution in [3.05, 3.63) is 119 Å². The third-order valence-electron chi connectivity index (χ3n) is 6.06. The van der Waals surface area contributed by atoms with Gasteiger partial charge in [-0.05, 0) is 79.4 Å². The molecule has 0 spiro atoms. The minimum absolute atomic E-state index is 0.289. The lowest BCUT2D eigenvalue weighted by Gasteiger charge is -2.19. The first-order valence-corrected chi connectivity index (χ1v) is 12.6. The number of carbonyl (C=O) groups is 1. The monoisotopic (exact) mass is 516 g/mol. The minimum atomic E-state index is -0.561. The number of ether oxygens (including phenoxy) is 1. The van der Waals surface area contributed by atoms with Crippen molar-refractivity contribution in [1.29, 1.82) is 0 Å². The molecule has 2 aromatic heterocycles. The van der Waals surface area contributed by atoms with Gasteiger partial charge in [-0.25, -0.2) is 9.78 Å². The van der Waals surface area contributed by atoms with E-state index in [1.54, 1.807) is 12.1 Å². The van der Waals surface area contributed by atoms with E-state index in [4.69, 9.17) is 15.3 Å². The molecular formula is C31H28N6O2. The Morgan fingerprint density at radius 3 is 2.33 bits per heavy atom. The Morgan fingerprint density at radius 2 is 1.67 bits per heavy atom. The van der Waals surface area contributed by atoms with E-state index < -0.39 is 5.60 Å². The fourth-order valence-electron chi connectivity index (χ4n) is 4.22. The molecule has 0 fully saturated rings. The normalized spacial score (nSPS) is 11.2. The summed E-state index contributed by atoms with van der Waals surface area (Å²) in [5.41, 5.74) is 14.9. The number of azide groups is 1. The molecule has 0 atom stereocenters. The molecule has 8 nitrogen and oxygen atoms in total. The average molecular weight is 517 g/mol. The van der Waals surface area contributed by atoms with E-state index in [-0.39, 0.29) is 12.5 Å². The van der Waals surface area contributed by atoms with Crippen LogP contribution in [0.5, 0.6) is 0 Å². The van der Waals surface area contributed by atoms with Gasteiger partial charge >= 0.3 is 5.97 Å². The van der Waals surface area contributed by atoms with Crippen molar-refractivity contribution in [2.75, 3.05) is 5.32 Å². The van der Waals surface area contributed by atoms with Crippen LogP contribution in [-0.2, 0) is 11.3 Å². The zero-order valence-electron chi connectivity index (χ0n) is 22.0. The molecular weight excluding hydrogens is 488 g/mol. The minimum Gasteiger partial charge on any atom is -0.456 e. The van der Waals surface area contributed by atoms with Crippen LogP contribution in [0.15, 0.2) is 102 Å². The van der Waals surface area contributed by atoms with Crippen molar-refractivity contribution >= 4 is 23.1 Å². The second-order valence-electron chi connectivity index (χ2n) is 10.1. The quantitative estimate of drug-likeness (QED) is 0.102. The van der Waals surface area contributed by atoms with Crippen LogP contribution in [0.3, 0.4) is 0 Å². The average Bonchev–Trinajstić information content (AvgIpc) is 3.29. The molecule has 5 rings (SSSR count). The van der Waals surface area contributed by atoms with Gasteiger partial charge < -0.3 is 10.1 Å². The number of rotatable bonds is 7. The fourth-order valence-corrected chi connectivity index (χ4v) is 4.22. The number of nitrogens with one attached hydrogen (secondary N) is 1. The van der Waals surface area contributed by atoms with Crippen LogP contribution in [0.25, 0.3) is 38.5 Å². The van der Waals surface area contributed by atoms with Gasteiger partial charge in [0.1, 0.15) is 22.8 Å². The number of imidazole rings is 1. The SMILES string of the molecule is CC(C)(C)OC(=O)c1ccc(Nc2c(-c3ccc(CN=[N+]=[N-])cc3)nc3cc(-c4ccccc4)ccn23)cc1. The fraction of sp³-hybridized carbons (Fsp3) is 0.161. The van der Waals surface area contributed by atoms with E-state index in [1.807, 2.05) is 86.0 Å². The second-order valence-corrected chi connectivity index (χ2v) is 10.1. The highest BCUT2D eigenvalue weighted by molar-refractivity contribution is 5.90. The molecule has 8 heteroatoms. The largest absolute Gasteiger partial charge is 0.456 e. The van der Waals surface area contributed by atoms with Crippen LogP contribution in [0.4, 0.5) is 11.5 Å². The molecule has 1 N–H and O–H groups in total. The molecule has 0 saturated carbocycles. The highest BCUT2D eigenvalue weighted by atomic mass is 16.6. The number of hydrogen-bond donors (Lipinski definition) is 1. The van der Waals surface area contributed by atoms with E-state index in [0.717, 1.165) is 45.1 Å². The summed E-state index contributed by atoms with van der Waals surface area (Å²) in [5.74, 6) is 0.427. The molecule has 2 heterocycles.